The van der Waals surface area contributed by atoms with Crippen LogP contribution in [0, 0.1) is 5.92 Å². The number of Topliss-reactive ketones (excluding diaryl/α,β-unsaturated/α-hetero) is 1. The predicted octanol–water partition coefficient (Wildman–Crippen LogP) is 0.717. The molecule has 2 N–H and O–H groups in total. The van der Waals surface area contributed by atoms with E-state index in [9.17, 15) is 9.59 Å². The second-order valence-corrected chi connectivity index (χ2v) is 5.64. The SMILES string of the molecule is CC1(C)CC(=O)/C(=C/C2CCNC2=S)C(=O)N1. The molecule has 1 amide bonds. The van der Waals surface area contributed by atoms with Crippen LogP contribution in [0.5, 0.6) is 0 Å². The van der Waals surface area contributed by atoms with E-state index in [0.717, 1.165) is 18.0 Å². The predicted molar refractivity (Wildman–Crippen MR) is 68.6 cm³/mol. The van der Waals surface area contributed by atoms with Crippen LogP contribution in [0.2, 0.25) is 0 Å². The largest absolute Gasteiger partial charge is 0.379 e. The maximum Gasteiger partial charge on any atom is 0.255 e. The number of hydrogen-bond acceptors (Lipinski definition) is 3. The smallest absolute Gasteiger partial charge is 0.255 e. The minimum atomic E-state index is -0.445. The van der Waals surface area contributed by atoms with Gasteiger partial charge in [-0.3, -0.25) is 9.59 Å². The summed E-state index contributed by atoms with van der Waals surface area (Å²) >= 11 is 5.13. The molecule has 0 spiro atoms. The zero-order chi connectivity index (χ0) is 12.6. The first-order valence-electron chi connectivity index (χ1n) is 5.74. The Labute approximate surface area is 106 Å². The van der Waals surface area contributed by atoms with Crippen LogP contribution in [-0.4, -0.2) is 28.8 Å². The molecule has 2 saturated heterocycles. The Morgan fingerprint density at radius 1 is 1.41 bits per heavy atom. The number of hydrogen-bond donors (Lipinski definition) is 2. The van der Waals surface area contributed by atoms with E-state index in [2.05, 4.69) is 10.6 Å². The molecule has 2 fully saturated rings. The Morgan fingerprint density at radius 3 is 2.65 bits per heavy atom. The molecule has 0 aromatic carbocycles. The van der Waals surface area contributed by atoms with Crippen molar-refractivity contribution in [2.75, 3.05) is 6.54 Å². The van der Waals surface area contributed by atoms with Gasteiger partial charge in [-0.2, -0.15) is 0 Å². The Bertz CT molecular complexity index is 404. The minimum absolute atomic E-state index is 0.0240. The standard InChI is InChI=1S/C12H16N2O2S/c1-12(2)6-9(15)8(10(16)14-12)5-7-3-4-13-11(7)17/h5,7H,3-4,6H2,1-2H3,(H,13,17)(H,14,16)/b8-5-. The Morgan fingerprint density at radius 2 is 2.12 bits per heavy atom. The zero-order valence-electron chi connectivity index (χ0n) is 10.0. The van der Waals surface area contributed by atoms with Crippen LogP contribution in [0.1, 0.15) is 26.7 Å². The topological polar surface area (TPSA) is 58.2 Å². The summed E-state index contributed by atoms with van der Waals surface area (Å²) in [4.78, 5) is 24.5. The van der Waals surface area contributed by atoms with Crippen molar-refractivity contribution in [2.45, 2.75) is 32.2 Å². The fourth-order valence-electron chi connectivity index (χ4n) is 2.18. The molecule has 17 heavy (non-hydrogen) atoms. The molecule has 1 atom stereocenters. The summed E-state index contributed by atoms with van der Waals surface area (Å²) in [7, 11) is 0. The quantitative estimate of drug-likeness (QED) is 0.410. The molecule has 1 unspecified atom stereocenters. The zero-order valence-corrected chi connectivity index (χ0v) is 10.8. The van der Waals surface area contributed by atoms with Crippen LogP contribution in [0.15, 0.2) is 11.6 Å². The number of piperidine rings is 1. The van der Waals surface area contributed by atoms with Crippen molar-refractivity contribution < 1.29 is 9.59 Å². The van der Waals surface area contributed by atoms with Crippen molar-refractivity contribution in [3.05, 3.63) is 11.6 Å². The molecule has 2 aliphatic rings. The second kappa shape index (κ2) is 4.22. The molecule has 92 valence electrons. The third-order valence-corrected chi connectivity index (χ3v) is 3.51. The minimum Gasteiger partial charge on any atom is -0.379 e. The summed E-state index contributed by atoms with van der Waals surface area (Å²) in [5, 5.41) is 5.88. The van der Waals surface area contributed by atoms with Crippen LogP contribution >= 0.6 is 12.2 Å². The lowest BCUT2D eigenvalue weighted by molar-refractivity contribution is -0.127. The summed E-state index contributed by atoms with van der Waals surface area (Å²) in [5.74, 6) is -0.342. The Balaban J connectivity index is 2.21. The molecule has 0 saturated carbocycles. The summed E-state index contributed by atoms with van der Waals surface area (Å²) < 4.78 is 0. The molecule has 4 nitrogen and oxygen atoms in total. The van der Waals surface area contributed by atoms with Crippen molar-refractivity contribution in [2.24, 2.45) is 5.92 Å². The van der Waals surface area contributed by atoms with Gasteiger partial charge in [-0.25, -0.2) is 0 Å². The van der Waals surface area contributed by atoms with Gasteiger partial charge in [-0.1, -0.05) is 18.3 Å². The van der Waals surface area contributed by atoms with Crippen LogP contribution in [-0.2, 0) is 9.59 Å². The van der Waals surface area contributed by atoms with Gasteiger partial charge in [0, 0.05) is 24.4 Å². The molecule has 0 aromatic rings. The summed E-state index contributed by atoms with van der Waals surface area (Å²) in [6.45, 7) is 4.51. The van der Waals surface area contributed by atoms with E-state index in [4.69, 9.17) is 12.2 Å². The maximum absolute atomic E-state index is 11.9. The molecule has 2 heterocycles. The summed E-state index contributed by atoms with van der Waals surface area (Å²) in [5.41, 5.74) is -0.180. The van der Waals surface area contributed by atoms with Gasteiger partial charge in [0.05, 0.1) is 10.6 Å². The number of amides is 1. The van der Waals surface area contributed by atoms with Gasteiger partial charge in [0.1, 0.15) is 0 Å². The molecular formula is C12H16N2O2S. The van der Waals surface area contributed by atoms with Crippen molar-refractivity contribution in [1.82, 2.24) is 10.6 Å². The van der Waals surface area contributed by atoms with E-state index in [1.165, 1.54) is 0 Å². The fourth-order valence-corrected chi connectivity index (χ4v) is 2.47. The van der Waals surface area contributed by atoms with Gasteiger partial charge in [0.2, 0.25) is 0 Å². The highest BCUT2D eigenvalue weighted by atomic mass is 32.1. The third kappa shape index (κ3) is 2.54. The third-order valence-electron chi connectivity index (χ3n) is 3.06. The lowest BCUT2D eigenvalue weighted by Gasteiger charge is -2.31. The summed E-state index contributed by atoms with van der Waals surface area (Å²) in [6.07, 6.45) is 2.92. The van der Waals surface area contributed by atoms with E-state index in [1.807, 2.05) is 13.8 Å². The first-order chi connectivity index (χ1) is 7.89. The van der Waals surface area contributed by atoms with Crippen molar-refractivity contribution in [3.8, 4) is 0 Å². The molecule has 0 bridgehead atoms. The highest BCUT2D eigenvalue weighted by Crippen LogP contribution is 2.22. The molecule has 0 radical (unpaired) electrons. The van der Waals surface area contributed by atoms with Gasteiger partial charge in [0.25, 0.3) is 5.91 Å². The van der Waals surface area contributed by atoms with Gasteiger partial charge < -0.3 is 10.6 Å². The van der Waals surface area contributed by atoms with E-state index in [-0.39, 0.29) is 23.2 Å². The number of thiocarbonyl (C=S) groups is 1. The lowest BCUT2D eigenvalue weighted by Crippen LogP contribution is -2.51. The van der Waals surface area contributed by atoms with Crippen molar-refractivity contribution >= 4 is 28.9 Å². The monoisotopic (exact) mass is 252 g/mol. The van der Waals surface area contributed by atoms with Crippen LogP contribution in [0.3, 0.4) is 0 Å². The Hall–Kier alpha value is -1.23. The normalized spacial score (nSPS) is 30.4. The molecule has 5 heteroatoms. The number of carbonyl (C=O) groups excluding carboxylic acids is 2. The van der Waals surface area contributed by atoms with E-state index in [1.54, 1.807) is 6.08 Å². The van der Waals surface area contributed by atoms with Gasteiger partial charge in [-0.15, -0.1) is 0 Å². The van der Waals surface area contributed by atoms with Gasteiger partial charge in [0.15, 0.2) is 5.78 Å². The summed E-state index contributed by atoms with van der Waals surface area (Å²) in [6, 6.07) is 0. The van der Waals surface area contributed by atoms with Crippen LogP contribution < -0.4 is 10.6 Å². The van der Waals surface area contributed by atoms with Crippen molar-refractivity contribution in [3.63, 3.8) is 0 Å². The van der Waals surface area contributed by atoms with Crippen LogP contribution in [0.4, 0.5) is 0 Å². The first-order valence-corrected chi connectivity index (χ1v) is 6.15. The lowest BCUT2D eigenvalue weighted by atomic mass is 9.87. The van der Waals surface area contributed by atoms with Gasteiger partial charge >= 0.3 is 0 Å². The van der Waals surface area contributed by atoms with E-state index >= 15 is 0 Å². The average Bonchev–Trinajstić information content (AvgIpc) is 2.56. The fraction of sp³-hybridized carbons (Fsp3) is 0.583. The highest BCUT2D eigenvalue weighted by Gasteiger charge is 2.35. The van der Waals surface area contributed by atoms with Gasteiger partial charge in [-0.05, 0) is 20.3 Å². The molecule has 2 aliphatic heterocycles. The highest BCUT2D eigenvalue weighted by molar-refractivity contribution is 7.80. The number of carbonyl (C=O) groups is 2. The number of rotatable bonds is 1. The first kappa shape index (κ1) is 12.2. The second-order valence-electron chi connectivity index (χ2n) is 5.20. The maximum atomic E-state index is 11.9. The molecule has 0 aromatic heterocycles. The van der Waals surface area contributed by atoms with Crippen molar-refractivity contribution in [1.29, 1.82) is 0 Å². The Kier molecular flexibility index (Phi) is 3.03. The number of ketones is 1. The van der Waals surface area contributed by atoms with E-state index < -0.39 is 5.54 Å². The van der Waals surface area contributed by atoms with Crippen LogP contribution in [0.25, 0.3) is 0 Å². The molecular weight excluding hydrogens is 236 g/mol. The number of nitrogens with one attached hydrogen (secondary N) is 2. The average molecular weight is 252 g/mol. The van der Waals surface area contributed by atoms with E-state index in [0.29, 0.717) is 6.42 Å². The molecule has 2 rings (SSSR count). The molecule has 0 aliphatic carbocycles.